The zero-order valence-electron chi connectivity index (χ0n) is 9.74. The van der Waals surface area contributed by atoms with Gasteiger partial charge >= 0.3 is 0 Å². The molecule has 0 aliphatic rings. The van der Waals surface area contributed by atoms with E-state index in [1.54, 1.807) is 13.2 Å². The van der Waals surface area contributed by atoms with Crippen molar-refractivity contribution in [2.24, 2.45) is 0 Å². The molecule has 0 aromatic heterocycles. The first kappa shape index (κ1) is 13.5. The highest BCUT2D eigenvalue weighted by Crippen LogP contribution is 2.24. The maximum atomic E-state index is 9.40. The Labute approximate surface area is 105 Å². The summed E-state index contributed by atoms with van der Waals surface area (Å²) in [7, 11) is 1.71. The normalized spacial score (nSPS) is 11.0. The van der Waals surface area contributed by atoms with Crippen molar-refractivity contribution in [1.29, 1.82) is 0 Å². The van der Waals surface area contributed by atoms with Crippen molar-refractivity contribution in [2.45, 2.75) is 13.5 Å². The van der Waals surface area contributed by atoms with Gasteiger partial charge in [-0.15, -0.1) is 0 Å². The summed E-state index contributed by atoms with van der Waals surface area (Å²) in [6, 6.07) is 5.60. The Morgan fingerprint density at radius 1 is 1.44 bits per heavy atom. The topological polar surface area (TPSA) is 32.7 Å². The molecular formula is C12H18BrNO2. The number of likely N-dealkylation sites (N-methyl/N-ethyl adjacent to an activating group) is 1. The molecule has 0 aliphatic carbocycles. The molecule has 1 rings (SSSR count). The van der Waals surface area contributed by atoms with Crippen LogP contribution in [-0.4, -0.2) is 36.8 Å². The molecule has 90 valence electrons. The van der Waals surface area contributed by atoms with Gasteiger partial charge in [-0.05, 0) is 40.2 Å². The zero-order chi connectivity index (χ0) is 12.0. The summed E-state index contributed by atoms with van der Waals surface area (Å²) >= 11 is 3.32. The molecule has 0 fully saturated rings. The summed E-state index contributed by atoms with van der Waals surface area (Å²) in [5.41, 5.74) is 1.18. The van der Waals surface area contributed by atoms with Gasteiger partial charge in [0.15, 0.2) is 0 Å². The number of hydrogen-bond acceptors (Lipinski definition) is 3. The second-order valence-corrected chi connectivity index (χ2v) is 4.50. The van der Waals surface area contributed by atoms with E-state index >= 15 is 0 Å². The monoisotopic (exact) mass is 287 g/mol. The summed E-state index contributed by atoms with van der Waals surface area (Å²) < 4.78 is 5.81. The van der Waals surface area contributed by atoms with E-state index in [2.05, 4.69) is 27.8 Å². The van der Waals surface area contributed by atoms with E-state index in [1.165, 1.54) is 5.56 Å². The lowest BCUT2D eigenvalue weighted by Crippen LogP contribution is -2.26. The molecule has 0 spiro atoms. The molecule has 0 heterocycles. The van der Waals surface area contributed by atoms with Crippen LogP contribution in [-0.2, 0) is 11.3 Å². The fourth-order valence-electron chi connectivity index (χ4n) is 1.48. The molecule has 0 amide bonds. The summed E-state index contributed by atoms with van der Waals surface area (Å²) in [4.78, 5) is 2.29. The molecule has 4 heteroatoms. The number of nitrogens with zero attached hydrogens (tertiary/aromatic N) is 1. The summed E-state index contributed by atoms with van der Waals surface area (Å²) in [6.45, 7) is 5.66. The van der Waals surface area contributed by atoms with Crippen molar-refractivity contribution in [3.63, 3.8) is 0 Å². The molecule has 0 saturated heterocycles. The van der Waals surface area contributed by atoms with Gasteiger partial charge in [0.25, 0.3) is 0 Å². The van der Waals surface area contributed by atoms with Crippen molar-refractivity contribution in [3.8, 4) is 5.75 Å². The maximum Gasteiger partial charge on any atom is 0.129 e. The first-order valence-electron chi connectivity index (χ1n) is 5.36. The summed E-state index contributed by atoms with van der Waals surface area (Å²) in [6.07, 6.45) is 0. The molecule has 1 N–H and O–H groups in total. The molecule has 3 nitrogen and oxygen atoms in total. The van der Waals surface area contributed by atoms with Crippen LogP contribution < -0.4 is 0 Å². The lowest BCUT2D eigenvalue weighted by molar-refractivity contribution is 0.147. The van der Waals surface area contributed by atoms with Gasteiger partial charge in [-0.1, -0.05) is 13.0 Å². The van der Waals surface area contributed by atoms with E-state index in [4.69, 9.17) is 4.74 Å². The molecule has 1 aromatic carbocycles. The average Bonchev–Trinajstić information content (AvgIpc) is 2.29. The Bertz CT molecular complexity index is 331. The second kappa shape index (κ2) is 6.89. The standard InChI is InChI=1S/C12H18BrNO2/c1-3-14(6-7-16-2)9-10-4-5-12(15)11(13)8-10/h4-5,8,15H,3,6-7,9H2,1-2H3. The quantitative estimate of drug-likeness (QED) is 0.873. The van der Waals surface area contributed by atoms with E-state index in [0.29, 0.717) is 0 Å². The SMILES string of the molecule is CCN(CCOC)Cc1ccc(O)c(Br)c1. The molecule has 0 unspecified atom stereocenters. The highest BCUT2D eigenvalue weighted by Gasteiger charge is 2.05. The van der Waals surface area contributed by atoms with Crippen molar-refractivity contribution in [1.82, 2.24) is 4.90 Å². The van der Waals surface area contributed by atoms with Crippen molar-refractivity contribution >= 4 is 15.9 Å². The van der Waals surface area contributed by atoms with E-state index in [-0.39, 0.29) is 5.75 Å². The van der Waals surface area contributed by atoms with Crippen molar-refractivity contribution in [2.75, 3.05) is 26.8 Å². The van der Waals surface area contributed by atoms with Crippen LogP contribution in [0.2, 0.25) is 0 Å². The van der Waals surface area contributed by atoms with Gasteiger partial charge in [0.1, 0.15) is 5.75 Å². The van der Waals surface area contributed by atoms with Gasteiger partial charge < -0.3 is 9.84 Å². The second-order valence-electron chi connectivity index (χ2n) is 3.65. The molecule has 1 aromatic rings. The highest BCUT2D eigenvalue weighted by atomic mass is 79.9. The Hall–Kier alpha value is -0.580. The number of aromatic hydroxyl groups is 1. The van der Waals surface area contributed by atoms with E-state index < -0.39 is 0 Å². The average molecular weight is 288 g/mol. The molecule has 0 radical (unpaired) electrons. The van der Waals surface area contributed by atoms with Crippen molar-refractivity contribution < 1.29 is 9.84 Å². The lowest BCUT2D eigenvalue weighted by atomic mass is 10.2. The van der Waals surface area contributed by atoms with Crippen LogP contribution in [0.3, 0.4) is 0 Å². The first-order valence-corrected chi connectivity index (χ1v) is 6.15. The van der Waals surface area contributed by atoms with Crippen LogP contribution in [0.5, 0.6) is 5.75 Å². The van der Waals surface area contributed by atoms with Crippen LogP contribution in [0, 0.1) is 0 Å². The molecule has 0 atom stereocenters. The zero-order valence-corrected chi connectivity index (χ0v) is 11.3. The van der Waals surface area contributed by atoms with Crippen LogP contribution >= 0.6 is 15.9 Å². The summed E-state index contributed by atoms with van der Waals surface area (Å²) in [5.74, 6) is 0.281. The Morgan fingerprint density at radius 2 is 2.19 bits per heavy atom. The number of phenols is 1. The predicted molar refractivity (Wildman–Crippen MR) is 68.6 cm³/mol. The minimum Gasteiger partial charge on any atom is -0.507 e. The highest BCUT2D eigenvalue weighted by molar-refractivity contribution is 9.10. The third-order valence-electron chi connectivity index (χ3n) is 2.48. The fourth-order valence-corrected chi connectivity index (χ4v) is 1.90. The Kier molecular flexibility index (Phi) is 5.80. The lowest BCUT2D eigenvalue weighted by Gasteiger charge is -2.20. The first-order chi connectivity index (χ1) is 7.67. The molecule has 0 bridgehead atoms. The number of ether oxygens (including phenoxy) is 1. The smallest absolute Gasteiger partial charge is 0.129 e. The van der Waals surface area contributed by atoms with Gasteiger partial charge in [-0.25, -0.2) is 0 Å². The van der Waals surface area contributed by atoms with Gasteiger partial charge in [0.2, 0.25) is 0 Å². The van der Waals surface area contributed by atoms with E-state index in [0.717, 1.165) is 30.7 Å². The third-order valence-corrected chi connectivity index (χ3v) is 3.11. The van der Waals surface area contributed by atoms with Gasteiger partial charge in [0, 0.05) is 20.2 Å². The fraction of sp³-hybridized carbons (Fsp3) is 0.500. The van der Waals surface area contributed by atoms with Crippen LogP contribution in [0.25, 0.3) is 0 Å². The number of hydrogen-bond donors (Lipinski definition) is 1. The minimum absolute atomic E-state index is 0.281. The van der Waals surface area contributed by atoms with Crippen LogP contribution in [0.1, 0.15) is 12.5 Å². The predicted octanol–water partition coefficient (Wildman–Crippen LogP) is 2.62. The number of phenolic OH excluding ortho intramolecular Hbond substituents is 1. The van der Waals surface area contributed by atoms with Gasteiger partial charge in [-0.2, -0.15) is 0 Å². The summed E-state index contributed by atoms with van der Waals surface area (Å²) in [5, 5.41) is 9.40. The van der Waals surface area contributed by atoms with E-state index in [1.807, 2.05) is 12.1 Å². The van der Waals surface area contributed by atoms with Crippen LogP contribution in [0.15, 0.2) is 22.7 Å². The molecule has 0 saturated carbocycles. The van der Waals surface area contributed by atoms with E-state index in [9.17, 15) is 5.11 Å². The number of benzene rings is 1. The van der Waals surface area contributed by atoms with Crippen molar-refractivity contribution in [3.05, 3.63) is 28.2 Å². The Morgan fingerprint density at radius 3 is 2.75 bits per heavy atom. The number of rotatable bonds is 6. The molecule has 0 aliphatic heterocycles. The number of halogens is 1. The third kappa shape index (κ3) is 4.12. The minimum atomic E-state index is 0.281. The van der Waals surface area contributed by atoms with Gasteiger partial charge in [0.05, 0.1) is 11.1 Å². The largest absolute Gasteiger partial charge is 0.507 e. The Balaban J connectivity index is 2.59. The van der Waals surface area contributed by atoms with Gasteiger partial charge in [-0.3, -0.25) is 4.90 Å². The van der Waals surface area contributed by atoms with Crippen LogP contribution in [0.4, 0.5) is 0 Å². The number of methoxy groups -OCH3 is 1. The maximum absolute atomic E-state index is 9.40. The molecule has 16 heavy (non-hydrogen) atoms. The molecular weight excluding hydrogens is 270 g/mol.